The average molecular weight is 290 g/mol. The topological polar surface area (TPSA) is 72.2 Å². The van der Waals surface area contributed by atoms with Crippen LogP contribution in [0, 0.1) is 11.7 Å². The molecule has 4 nitrogen and oxygen atoms in total. The van der Waals surface area contributed by atoms with Gasteiger partial charge in [0.15, 0.2) is 0 Å². The second kappa shape index (κ2) is 5.62. The molecule has 18 heavy (non-hydrogen) atoms. The molecule has 0 bridgehead atoms. The molecule has 3 N–H and O–H groups in total. The molecule has 1 rings (SSSR count). The Morgan fingerprint density at radius 2 is 2.11 bits per heavy atom. The van der Waals surface area contributed by atoms with Gasteiger partial charge in [-0.25, -0.2) is 12.8 Å². The van der Waals surface area contributed by atoms with Crippen LogP contribution in [0.1, 0.15) is 19.4 Å². The summed E-state index contributed by atoms with van der Waals surface area (Å²) in [6, 6.07) is 3.99. The highest BCUT2D eigenvalue weighted by molar-refractivity contribution is 7.92. The summed E-state index contributed by atoms with van der Waals surface area (Å²) in [7, 11) is -3.54. The predicted octanol–water partition coefficient (Wildman–Crippen LogP) is 1.86. The Balaban J connectivity index is 3.13. The first-order valence-electron chi connectivity index (χ1n) is 5.31. The smallest absolute Gasteiger partial charge is 0.232 e. The van der Waals surface area contributed by atoms with Gasteiger partial charge in [0.2, 0.25) is 10.0 Å². The minimum atomic E-state index is -3.54. The number of nitrogens with one attached hydrogen (secondary N) is 1. The Morgan fingerprint density at radius 1 is 1.50 bits per heavy atom. The summed E-state index contributed by atoms with van der Waals surface area (Å²) < 4.78 is 39.4. The number of halogens is 1. The maximum Gasteiger partial charge on any atom is 0.232 e. The molecule has 1 aromatic rings. The zero-order valence-electron chi connectivity index (χ0n) is 10.1. The molecule has 0 saturated carbocycles. The van der Waals surface area contributed by atoms with E-state index < -0.39 is 15.8 Å². The molecule has 0 aliphatic heterocycles. The number of anilines is 1. The molecular weight excluding hydrogens is 275 g/mol. The van der Waals surface area contributed by atoms with Gasteiger partial charge >= 0.3 is 0 Å². The molecule has 0 amide bonds. The van der Waals surface area contributed by atoms with E-state index in [9.17, 15) is 12.8 Å². The van der Waals surface area contributed by atoms with E-state index in [-0.39, 0.29) is 27.9 Å². The molecule has 0 atom stereocenters. The van der Waals surface area contributed by atoms with Crippen LogP contribution in [0.25, 0.3) is 0 Å². The molecule has 0 heterocycles. The number of hydrogen-bond donors (Lipinski definition) is 2. The summed E-state index contributed by atoms with van der Waals surface area (Å²) in [6.07, 6.45) is 0. The van der Waals surface area contributed by atoms with Crippen molar-refractivity contribution in [1.82, 2.24) is 0 Å². The quantitative estimate of drug-likeness (QED) is 0.812. The van der Waals surface area contributed by atoms with E-state index in [1.807, 2.05) is 0 Å². The lowest BCUT2D eigenvalue weighted by Gasteiger charge is -2.13. The van der Waals surface area contributed by atoms with Gasteiger partial charge < -0.3 is 5.73 Å². The number of rotatable bonds is 5. The zero-order chi connectivity index (χ0) is 13.9. The van der Waals surface area contributed by atoms with Crippen LogP contribution in [0.15, 0.2) is 18.2 Å². The van der Waals surface area contributed by atoms with Crippen molar-refractivity contribution in [1.29, 1.82) is 0 Å². The van der Waals surface area contributed by atoms with Crippen LogP contribution >= 0.6 is 12.2 Å². The van der Waals surface area contributed by atoms with E-state index in [0.717, 1.165) is 0 Å². The fourth-order valence-electron chi connectivity index (χ4n) is 1.51. The fourth-order valence-corrected chi connectivity index (χ4v) is 3.18. The van der Waals surface area contributed by atoms with Crippen LogP contribution in [0.4, 0.5) is 10.1 Å². The Bertz CT molecular complexity index is 556. The van der Waals surface area contributed by atoms with E-state index >= 15 is 0 Å². The number of benzene rings is 1. The predicted molar refractivity (Wildman–Crippen MR) is 74.5 cm³/mol. The van der Waals surface area contributed by atoms with Crippen LogP contribution in [-0.2, 0) is 10.0 Å². The number of thiocarbonyl (C=S) groups is 1. The first kappa shape index (κ1) is 14.8. The third kappa shape index (κ3) is 3.92. The molecule has 0 spiro atoms. The first-order chi connectivity index (χ1) is 8.23. The second-order valence-electron chi connectivity index (χ2n) is 4.30. The highest BCUT2D eigenvalue weighted by atomic mass is 32.2. The molecule has 1 aromatic carbocycles. The van der Waals surface area contributed by atoms with Gasteiger partial charge in [-0.05, 0) is 18.1 Å². The maximum atomic E-state index is 13.5. The summed E-state index contributed by atoms with van der Waals surface area (Å²) in [5.74, 6) is -0.739. The Kier molecular flexibility index (Phi) is 4.64. The molecule has 0 aliphatic carbocycles. The van der Waals surface area contributed by atoms with Crippen LogP contribution < -0.4 is 10.5 Å². The van der Waals surface area contributed by atoms with Crippen LogP contribution in [0.2, 0.25) is 0 Å². The molecule has 0 aromatic heterocycles. The van der Waals surface area contributed by atoms with Gasteiger partial charge in [-0.1, -0.05) is 32.1 Å². The van der Waals surface area contributed by atoms with E-state index in [4.69, 9.17) is 18.0 Å². The van der Waals surface area contributed by atoms with E-state index in [0.29, 0.717) is 0 Å². The van der Waals surface area contributed by atoms with Gasteiger partial charge in [-0.3, -0.25) is 4.72 Å². The van der Waals surface area contributed by atoms with Gasteiger partial charge in [0.25, 0.3) is 0 Å². The normalized spacial score (nSPS) is 11.6. The lowest BCUT2D eigenvalue weighted by Crippen LogP contribution is -2.23. The Labute approximate surface area is 111 Å². The van der Waals surface area contributed by atoms with Crippen molar-refractivity contribution in [3.05, 3.63) is 29.6 Å². The lowest BCUT2D eigenvalue weighted by atomic mass is 10.2. The van der Waals surface area contributed by atoms with Gasteiger partial charge in [-0.2, -0.15) is 0 Å². The summed E-state index contributed by atoms with van der Waals surface area (Å²) in [6.45, 7) is 3.55. The summed E-state index contributed by atoms with van der Waals surface area (Å²) in [5.41, 5.74) is 5.38. The van der Waals surface area contributed by atoms with Crippen molar-refractivity contribution in [2.45, 2.75) is 13.8 Å². The number of hydrogen-bond acceptors (Lipinski definition) is 3. The molecule has 100 valence electrons. The van der Waals surface area contributed by atoms with Crippen LogP contribution in [0.5, 0.6) is 0 Å². The van der Waals surface area contributed by atoms with Gasteiger partial charge in [0.05, 0.1) is 17.0 Å². The number of nitrogens with two attached hydrogens (primary N) is 1. The van der Waals surface area contributed by atoms with E-state index in [1.54, 1.807) is 13.8 Å². The zero-order valence-corrected chi connectivity index (χ0v) is 11.7. The standard InChI is InChI=1S/C11H15FN2O2S2/c1-7(2)6-18(15,16)14-9-5-3-4-8(12)10(9)11(13)17/h3-5,7,14H,6H2,1-2H3,(H2,13,17). The minimum absolute atomic E-state index is 0.0377. The van der Waals surface area contributed by atoms with Crippen molar-refractivity contribution in [2.75, 3.05) is 10.5 Å². The summed E-state index contributed by atoms with van der Waals surface area (Å²) >= 11 is 4.72. The highest BCUT2D eigenvalue weighted by Crippen LogP contribution is 2.20. The molecule has 0 aliphatic rings. The highest BCUT2D eigenvalue weighted by Gasteiger charge is 2.17. The summed E-state index contributed by atoms with van der Waals surface area (Å²) in [4.78, 5) is -0.185. The Hall–Kier alpha value is -1.21. The third-order valence-corrected chi connectivity index (χ3v) is 3.92. The largest absolute Gasteiger partial charge is 0.389 e. The van der Waals surface area contributed by atoms with Crippen LogP contribution in [-0.4, -0.2) is 19.2 Å². The minimum Gasteiger partial charge on any atom is -0.389 e. The lowest BCUT2D eigenvalue weighted by molar-refractivity contribution is 0.587. The maximum absolute atomic E-state index is 13.5. The molecule has 7 heteroatoms. The van der Waals surface area contributed by atoms with E-state index in [2.05, 4.69) is 4.72 Å². The van der Waals surface area contributed by atoms with Crippen molar-refractivity contribution in [3.63, 3.8) is 0 Å². The molecule has 0 fully saturated rings. The number of sulfonamides is 1. The second-order valence-corrected chi connectivity index (χ2v) is 6.51. The van der Waals surface area contributed by atoms with Crippen molar-refractivity contribution in [2.24, 2.45) is 11.7 Å². The fraction of sp³-hybridized carbons (Fsp3) is 0.364. The van der Waals surface area contributed by atoms with Crippen molar-refractivity contribution >= 4 is 32.9 Å². The molecule has 0 unspecified atom stereocenters. The molecular formula is C11H15FN2O2S2. The third-order valence-electron chi connectivity index (χ3n) is 2.08. The van der Waals surface area contributed by atoms with Crippen LogP contribution in [0.3, 0.4) is 0 Å². The van der Waals surface area contributed by atoms with Gasteiger partial charge in [0, 0.05) is 0 Å². The van der Waals surface area contributed by atoms with E-state index in [1.165, 1.54) is 18.2 Å². The monoisotopic (exact) mass is 290 g/mol. The van der Waals surface area contributed by atoms with Gasteiger partial charge in [0.1, 0.15) is 10.8 Å². The van der Waals surface area contributed by atoms with Crippen molar-refractivity contribution in [3.8, 4) is 0 Å². The first-order valence-corrected chi connectivity index (χ1v) is 7.38. The summed E-state index contributed by atoms with van der Waals surface area (Å²) in [5, 5.41) is 0. The SMILES string of the molecule is CC(C)CS(=O)(=O)Nc1cccc(F)c1C(N)=S. The average Bonchev–Trinajstić information content (AvgIpc) is 2.13. The molecule has 0 radical (unpaired) electrons. The molecule has 0 saturated heterocycles. The van der Waals surface area contributed by atoms with Crippen molar-refractivity contribution < 1.29 is 12.8 Å². The van der Waals surface area contributed by atoms with Gasteiger partial charge in [-0.15, -0.1) is 0 Å². The Morgan fingerprint density at radius 3 is 2.61 bits per heavy atom.